The number of nitrogens with one attached hydrogen (secondary N) is 1. The van der Waals surface area contributed by atoms with Crippen LogP contribution in [-0.4, -0.2) is 20.2 Å². The molecule has 1 rings (SSSR count). The van der Waals surface area contributed by atoms with Crippen LogP contribution in [-0.2, 0) is 0 Å². The summed E-state index contributed by atoms with van der Waals surface area (Å²) in [5, 5.41) is 3.05. The van der Waals surface area contributed by atoms with E-state index in [1.54, 1.807) is 0 Å². The molecule has 3 heteroatoms. The average Bonchev–Trinajstić information content (AvgIpc) is 2.20. The van der Waals surface area contributed by atoms with Crippen LogP contribution in [0.25, 0.3) is 0 Å². The largest absolute Gasteiger partial charge is 0.491 e. The molecule has 0 saturated carbocycles. The molecule has 0 aliphatic heterocycles. The Labute approximate surface area is 100 Å². The summed E-state index contributed by atoms with van der Waals surface area (Å²) in [4.78, 5) is 0. The third kappa shape index (κ3) is 3.84. The number of hydrogen-bond donors (Lipinski definition) is 1. The second kappa shape index (κ2) is 6.13. The molecule has 0 fully saturated rings. The highest BCUT2D eigenvalue weighted by molar-refractivity contribution is 9.10. The van der Waals surface area contributed by atoms with Gasteiger partial charge in [-0.3, -0.25) is 0 Å². The van der Waals surface area contributed by atoms with Crippen molar-refractivity contribution >= 4 is 15.9 Å². The topological polar surface area (TPSA) is 21.3 Å². The fourth-order valence-corrected chi connectivity index (χ4v) is 1.77. The molecule has 0 aliphatic rings. The molecule has 0 saturated heterocycles. The first-order valence-corrected chi connectivity index (χ1v) is 6.01. The van der Waals surface area contributed by atoms with E-state index in [1.807, 2.05) is 13.1 Å². The lowest BCUT2D eigenvalue weighted by atomic mass is 10.0. The summed E-state index contributed by atoms with van der Waals surface area (Å²) in [6.07, 6.45) is 0. The lowest BCUT2D eigenvalue weighted by Crippen LogP contribution is -2.16. The van der Waals surface area contributed by atoms with Crippen molar-refractivity contribution in [1.82, 2.24) is 5.32 Å². The second-order valence-electron chi connectivity index (χ2n) is 3.80. The van der Waals surface area contributed by atoms with E-state index < -0.39 is 0 Å². The molecule has 0 unspecified atom stereocenters. The molecular formula is C12H18BrNO. The molecular weight excluding hydrogens is 254 g/mol. The van der Waals surface area contributed by atoms with E-state index in [2.05, 4.69) is 47.2 Å². The smallest absolute Gasteiger partial charge is 0.133 e. The number of hydrogen-bond acceptors (Lipinski definition) is 2. The first-order chi connectivity index (χ1) is 7.15. The van der Waals surface area contributed by atoms with Crippen LogP contribution in [0.4, 0.5) is 0 Å². The maximum atomic E-state index is 5.60. The zero-order valence-electron chi connectivity index (χ0n) is 9.51. The third-order valence-electron chi connectivity index (χ3n) is 2.23. The van der Waals surface area contributed by atoms with Gasteiger partial charge >= 0.3 is 0 Å². The number of halogens is 1. The van der Waals surface area contributed by atoms with E-state index in [9.17, 15) is 0 Å². The molecule has 0 amide bonds. The minimum atomic E-state index is 0.549. The highest BCUT2D eigenvalue weighted by Gasteiger charge is 2.04. The number of rotatable bonds is 5. The van der Waals surface area contributed by atoms with Gasteiger partial charge in [-0.15, -0.1) is 0 Å². The Morgan fingerprint density at radius 1 is 1.40 bits per heavy atom. The lowest BCUT2D eigenvalue weighted by Gasteiger charge is -2.11. The van der Waals surface area contributed by atoms with Crippen LogP contribution in [0, 0.1) is 0 Å². The van der Waals surface area contributed by atoms with Crippen molar-refractivity contribution in [2.24, 2.45) is 0 Å². The predicted molar refractivity (Wildman–Crippen MR) is 67.7 cm³/mol. The Kier molecular flexibility index (Phi) is 5.12. The first-order valence-electron chi connectivity index (χ1n) is 5.22. The first kappa shape index (κ1) is 12.5. The third-order valence-corrected chi connectivity index (χ3v) is 2.85. The average molecular weight is 272 g/mol. The Balaban J connectivity index is 2.66. The van der Waals surface area contributed by atoms with Gasteiger partial charge in [0.1, 0.15) is 12.4 Å². The van der Waals surface area contributed by atoms with Crippen LogP contribution in [0.3, 0.4) is 0 Å². The summed E-state index contributed by atoms with van der Waals surface area (Å²) >= 11 is 3.52. The molecule has 2 nitrogen and oxygen atoms in total. The normalized spacial score (nSPS) is 10.7. The van der Waals surface area contributed by atoms with Gasteiger partial charge in [0.25, 0.3) is 0 Å². The van der Waals surface area contributed by atoms with E-state index in [4.69, 9.17) is 4.74 Å². The number of ether oxygens (including phenoxy) is 1. The van der Waals surface area contributed by atoms with Gasteiger partial charge in [-0.2, -0.15) is 0 Å². The molecule has 0 aromatic heterocycles. The zero-order chi connectivity index (χ0) is 11.3. The van der Waals surface area contributed by atoms with E-state index in [1.165, 1.54) is 5.56 Å². The van der Waals surface area contributed by atoms with E-state index in [0.717, 1.165) is 16.8 Å². The van der Waals surface area contributed by atoms with Crippen LogP contribution in [0.2, 0.25) is 0 Å². The fraction of sp³-hybridized carbons (Fsp3) is 0.500. The van der Waals surface area contributed by atoms with E-state index in [-0.39, 0.29) is 0 Å². The molecule has 1 N–H and O–H groups in total. The summed E-state index contributed by atoms with van der Waals surface area (Å²) in [5.41, 5.74) is 1.32. The van der Waals surface area contributed by atoms with Crippen molar-refractivity contribution in [3.8, 4) is 5.75 Å². The molecule has 0 spiro atoms. The van der Waals surface area contributed by atoms with Crippen LogP contribution in [0.1, 0.15) is 25.3 Å². The van der Waals surface area contributed by atoms with Gasteiger partial charge in [0.05, 0.1) is 4.47 Å². The van der Waals surface area contributed by atoms with Crippen molar-refractivity contribution in [1.29, 1.82) is 0 Å². The highest BCUT2D eigenvalue weighted by Crippen LogP contribution is 2.28. The van der Waals surface area contributed by atoms with E-state index >= 15 is 0 Å². The van der Waals surface area contributed by atoms with Gasteiger partial charge in [-0.1, -0.05) is 19.9 Å². The molecule has 0 atom stereocenters. The summed E-state index contributed by atoms with van der Waals surface area (Å²) < 4.78 is 6.63. The summed E-state index contributed by atoms with van der Waals surface area (Å²) in [6.45, 7) is 5.92. The molecule has 1 aromatic carbocycles. The van der Waals surface area contributed by atoms with Gasteiger partial charge in [0.2, 0.25) is 0 Å². The predicted octanol–water partition coefficient (Wildman–Crippen LogP) is 3.17. The minimum Gasteiger partial charge on any atom is -0.491 e. The maximum Gasteiger partial charge on any atom is 0.133 e. The number of benzene rings is 1. The van der Waals surface area contributed by atoms with Crippen molar-refractivity contribution < 1.29 is 4.74 Å². The zero-order valence-corrected chi connectivity index (χ0v) is 11.1. The van der Waals surface area contributed by atoms with Gasteiger partial charge in [-0.25, -0.2) is 0 Å². The van der Waals surface area contributed by atoms with Gasteiger partial charge in [0.15, 0.2) is 0 Å². The van der Waals surface area contributed by atoms with Gasteiger partial charge in [0, 0.05) is 6.54 Å². The maximum absolute atomic E-state index is 5.60. The van der Waals surface area contributed by atoms with Crippen molar-refractivity contribution in [2.45, 2.75) is 19.8 Å². The molecule has 84 valence electrons. The molecule has 0 heterocycles. The van der Waals surface area contributed by atoms with Gasteiger partial charge < -0.3 is 10.1 Å². The second-order valence-corrected chi connectivity index (χ2v) is 4.65. The Hall–Kier alpha value is -0.540. The SMILES string of the molecule is CNCCOc1ccc(C(C)C)cc1Br. The van der Waals surface area contributed by atoms with Crippen molar-refractivity contribution in [2.75, 3.05) is 20.2 Å². The molecule has 1 aromatic rings. The Bertz CT molecular complexity index is 312. The van der Waals surface area contributed by atoms with E-state index in [0.29, 0.717) is 12.5 Å². The van der Waals surface area contributed by atoms with Crippen molar-refractivity contribution in [3.05, 3.63) is 28.2 Å². The highest BCUT2D eigenvalue weighted by atomic mass is 79.9. The van der Waals surface area contributed by atoms with Crippen LogP contribution >= 0.6 is 15.9 Å². The minimum absolute atomic E-state index is 0.549. The molecule has 15 heavy (non-hydrogen) atoms. The lowest BCUT2D eigenvalue weighted by molar-refractivity contribution is 0.316. The van der Waals surface area contributed by atoms with Crippen LogP contribution < -0.4 is 10.1 Å². The standard InChI is InChI=1S/C12H18BrNO/c1-9(2)10-4-5-12(11(13)8-10)15-7-6-14-3/h4-5,8-9,14H,6-7H2,1-3H3. The monoisotopic (exact) mass is 271 g/mol. The van der Waals surface area contributed by atoms with Gasteiger partial charge in [-0.05, 0) is 46.6 Å². The number of likely N-dealkylation sites (N-methyl/N-ethyl adjacent to an activating group) is 1. The van der Waals surface area contributed by atoms with Crippen LogP contribution in [0.5, 0.6) is 5.75 Å². The fourth-order valence-electron chi connectivity index (χ4n) is 1.26. The molecule has 0 radical (unpaired) electrons. The summed E-state index contributed by atoms with van der Waals surface area (Å²) in [5.74, 6) is 1.46. The Morgan fingerprint density at radius 2 is 2.13 bits per heavy atom. The molecule has 0 bridgehead atoms. The van der Waals surface area contributed by atoms with Crippen LogP contribution in [0.15, 0.2) is 22.7 Å². The quantitative estimate of drug-likeness (QED) is 0.831. The Morgan fingerprint density at radius 3 is 2.67 bits per heavy atom. The summed E-state index contributed by atoms with van der Waals surface area (Å²) in [6, 6.07) is 6.26. The van der Waals surface area contributed by atoms with Crippen molar-refractivity contribution in [3.63, 3.8) is 0 Å². The molecule has 0 aliphatic carbocycles. The summed E-state index contributed by atoms with van der Waals surface area (Å²) in [7, 11) is 1.92.